The highest BCUT2D eigenvalue weighted by Crippen LogP contribution is 2.25. The summed E-state index contributed by atoms with van der Waals surface area (Å²) >= 11 is 0. The Bertz CT molecular complexity index is 421. The van der Waals surface area contributed by atoms with Crippen LogP contribution in [0.1, 0.15) is 11.1 Å². The van der Waals surface area contributed by atoms with Crippen molar-refractivity contribution in [2.24, 2.45) is 0 Å². The average Bonchev–Trinajstić information content (AvgIpc) is 2.66. The minimum absolute atomic E-state index is 0.277. The molecule has 1 aromatic carbocycles. The van der Waals surface area contributed by atoms with E-state index in [9.17, 15) is 0 Å². The number of aromatic nitrogens is 1. The summed E-state index contributed by atoms with van der Waals surface area (Å²) in [6.07, 6.45) is 3.32. The second-order valence-corrected chi connectivity index (χ2v) is 3.10. The lowest BCUT2D eigenvalue weighted by atomic mass is 10.1. The number of nitrogens with zero attached hydrogens (tertiary/aromatic N) is 1. The SMILES string of the molecule is Cc1cccc(Oc2ncco2)c1C. The lowest BCUT2D eigenvalue weighted by Gasteiger charge is -2.06. The molecule has 0 bridgehead atoms. The molecule has 72 valence electrons. The molecule has 0 amide bonds. The highest BCUT2D eigenvalue weighted by molar-refractivity contribution is 5.39. The summed E-state index contributed by atoms with van der Waals surface area (Å²) in [5, 5.41) is 0. The van der Waals surface area contributed by atoms with Crippen molar-refractivity contribution < 1.29 is 9.15 Å². The summed E-state index contributed by atoms with van der Waals surface area (Å²) in [4.78, 5) is 3.89. The molecule has 0 atom stereocenters. The van der Waals surface area contributed by atoms with Crippen LogP contribution >= 0.6 is 0 Å². The van der Waals surface area contributed by atoms with Gasteiger partial charge < -0.3 is 9.15 Å². The van der Waals surface area contributed by atoms with Crippen LogP contribution in [0.5, 0.6) is 11.8 Å². The normalized spacial score (nSPS) is 10.1. The zero-order valence-corrected chi connectivity index (χ0v) is 8.15. The Balaban J connectivity index is 2.29. The van der Waals surface area contributed by atoms with Gasteiger partial charge in [0.05, 0.1) is 6.20 Å². The summed E-state index contributed by atoms with van der Waals surface area (Å²) in [7, 11) is 0. The number of hydrogen-bond donors (Lipinski definition) is 0. The monoisotopic (exact) mass is 189 g/mol. The van der Waals surface area contributed by atoms with Gasteiger partial charge >= 0.3 is 6.08 Å². The van der Waals surface area contributed by atoms with Crippen LogP contribution in [-0.2, 0) is 0 Å². The topological polar surface area (TPSA) is 35.3 Å². The van der Waals surface area contributed by atoms with Crippen molar-refractivity contribution in [2.75, 3.05) is 0 Å². The van der Waals surface area contributed by atoms with Gasteiger partial charge in [0.1, 0.15) is 12.0 Å². The third kappa shape index (κ3) is 1.62. The molecule has 0 saturated heterocycles. The maximum Gasteiger partial charge on any atom is 0.399 e. The Morgan fingerprint density at radius 1 is 1.29 bits per heavy atom. The number of aryl methyl sites for hydroxylation is 1. The molecule has 0 aliphatic rings. The van der Waals surface area contributed by atoms with E-state index in [-0.39, 0.29) is 6.08 Å². The fraction of sp³-hybridized carbons (Fsp3) is 0.182. The molecule has 2 aromatic rings. The Morgan fingerprint density at radius 3 is 2.86 bits per heavy atom. The van der Waals surface area contributed by atoms with Crippen LogP contribution in [0.4, 0.5) is 0 Å². The molecule has 0 N–H and O–H groups in total. The Morgan fingerprint density at radius 2 is 2.14 bits per heavy atom. The van der Waals surface area contributed by atoms with Gasteiger partial charge in [-0.3, -0.25) is 0 Å². The van der Waals surface area contributed by atoms with Crippen LogP contribution < -0.4 is 4.74 Å². The largest absolute Gasteiger partial charge is 0.417 e. The van der Waals surface area contributed by atoms with Gasteiger partial charge in [-0.15, -0.1) is 0 Å². The standard InChI is InChI=1S/C11H11NO2/c1-8-4-3-5-10(9(8)2)14-11-12-6-7-13-11/h3-7H,1-2H3. The van der Waals surface area contributed by atoms with Crippen molar-refractivity contribution in [2.45, 2.75) is 13.8 Å². The average molecular weight is 189 g/mol. The summed E-state index contributed by atoms with van der Waals surface area (Å²) < 4.78 is 10.5. The Hall–Kier alpha value is -1.77. The summed E-state index contributed by atoms with van der Waals surface area (Å²) in [5.41, 5.74) is 2.29. The van der Waals surface area contributed by atoms with E-state index in [4.69, 9.17) is 9.15 Å². The molecule has 14 heavy (non-hydrogen) atoms. The molecule has 0 fully saturated rings. The van der Waals surface area contributed by atoms with E-state index in [1.807, 2.05) is 32.0 Å². The van der Waals surface area contributed by atoms with E-state index in [1.54, 1.807) is 6.20 Å². The first kappa shape index (κ1) is 8.81. The minimum Gasteiger partial charge on any atom is -0.417 e. The molecule has 0 unspecified atom stereocenters. The van der Waals surface area contributed by atoms with Crippen LogP contribution in [0, 0.1) is 13.8 Å². The first-order valence-corrected chi connectivity index (χ1v) is 4.41. The van der Waals surface area contributed by atoms with Gasteiger partial charge in [-0.2, -0.15) is 4.98 Å². The van der Waals surface area contributed by atoms with E-state index in [0.29, 0.717) is 0 Å². The molecule has 3 nitrogen and oxygen atoms in total. The molecule has 0 radical (unpaired) electrons. The Labute approximate surface area is 82.3 Å². The van der Waals surface area contributed by atoms with Crippen LogP contribution in [0.15, 0.2) is 35.1 Å². The van der Waals surface area contributed by atoms with Crippen molar-refractivity contribution in [3.05, 3.63) is 41.8 Å². The number of oxazole rings is 1. The van der Waals surface area contributed by atoms with Gasteiger partial charge in [-0.1, -0.05) is 12.1 Å². The predicted octanol–water partition coefficient (Wildman–Crippen LogP) is 3.08. The molecule has 3 heteroatoms. The van der Waals surface area contributed by atoms with Crippen LogP contribution in [0.25, 0.3) is 0 Å². The van der Waals surface area contributed by atoms with Crippen molar-refractivity contribution in [1.29, 1.82) is 0 Å². The second-order valence-electron chi connectivity index (χ2n) is 3.10. The van der Waals surface area contributed by atoms with Gasteiger partial charge in [0.25, 0.3) is 0 Å². The van der Waals surface area contributed by atoms with E-state index in [1.165, 1.54) is 11.8 Å². The zero-order chi connectivity index (χ0) is 9.97. The Kier molecular flexibility index (Phi) is 2.23. The molecule has 1 aromatic heterocycles. The quantitative estimate of drug-likeness (QED) is 0.728. The number of benzene rings is 1. The molecule has 0 aliphatic heterocycles. The molecule has 2 rings (SSSR count). The van der Waals surface area contributed by atoms with Crippen molar-refractivity contribution in [3.63, 3.8) is 0 Å². The number of rotatable bonds is 2. The molecule has 0 spiro atoms. The molecule has 0 aliphatic carbocycles. The minimum atomic E-state index is 0.277. The van der Waals surface area contributed by atoms with Crippen LogP contribution in [0.3, 0.4) is 0 Å². The van der Waals surface area contributed by atoms with E-state index in [0.717, 1.165) is 11.3 Å². The van der Waals surface area contributed by atoms with Gasteiger partial charge in [0, 0.05) is 0 Å². The third-order valence-electron chi connectivity index (χ3n) is 2.16. The van der Waals surface area contributed by atoms with Gasteiger partial charge in [0.15, 0.2) is 0 Å². The fourth-order valence-electron chi connectivity index (χ4n) is 1.19. The predicted molar refractivity (Wildman–Crippen MR) is 52.5 cm³/mol. The lowest BCUT2D eigenvalue weighted by molar-refractivity contribution is 0.329. The fourth-order valence-corrected chi connectivity index (χ4v) is 1.19. The highest BCUT2D eigenvalue weighted by Gasteiger charge is 2.05. The van der Waals surface area contributed by atoms with Crippen LogP contribution in [-0.4, -0.2) is 4.98 Å². The second kappa shape index (κ2) is 3.54. The van der Waals surface area contributed by atoms with Crippen LogP contribution in [0.2, 0.25) is 0 Å². The van der Waals surface area contributed by atoms with Crippen molar-refractivity contribution >= 4 is 0 Å². The summed E-state index contributed by atoms with van der Waals surface area (Å²) in [6, 6.07) is 5.88. The first-order chi connectivity index (χ1) is 6.77. The van der Waals surface area contributed by atoms with E-state index >= 15 is 0 Å². The number of hydrogen-bond acceptors (Lipinski definition) is 3. The van der Waals surface area contributed by atoms with Crippen molar-refractivity contribution in [3.8, 4) is 11.8 Å². The highest BCUT2D eigenvalue weighted by atomic mass is 16.6. The number of ether oxygens (including phenoxy) is 1. The van der Waals surface area contributed by atoms with Gasteiger partial charge in [0.2, 0.25) is 0 Å². The molecular weight excluding hydrogens is 178 g/mol. The summed E-state index contributed by atoms with van der Waals surface area (Å²) in [5.74, 6) is 0.785. The lowest BCUT2D eigenvalue weighted by Crippen LogP contribution is -1.89. The van der Waals surface area contributed by atoms with E-state index in [2.05, 4.69) is 4.98 Å². The molecule has 0 saturated carbocycles. The maximum absolute atomic E-state index is 5.45. The van der Waals surface area contributed by atoms with Crippen molar-refractivity contribution in [1.82, 2.24) is 4.98 Å². The third-order valence-corrected chi connectivity index (χ3v) is 2.16. The van der Waals surface area contributed by atoms with Gasteiger partial charge in [-0.05, 0) is 31.0 Å². The molecular formula is C11H11NO2. The summed E-state index contributed by atoms with van der Waals surface area (Å²) in [6.45, 7) is 4.05. The maximum atomic E-state index is 5.45. The van der Waals surface area contributed by atoms with Gasteiger partial charge in [-0.25, -0.2) is 0 Å². The zero-order valence-electron chi connectivity index (χ0n) is 8.15. The first-order valence-electron chi connectivity index (χ1n) is 4.41. The smallest absolute Gasteiger partial charge is 0.399 e. The molecule has 1 heterocycles. The van der Waals surface area contributed by atoms with E-state index < -0.39 is 0 Å².